The first-order chi connectivity index (χ1) is 12.2. The summed E-state index contributed by atoms with van der Waals surface area (Å²) in [7, 11) is 0. The molecule has 0 aliphatic rings. The van der Waals surface area contributed by atoms with Gasteiger partial charge >= 0.3 is 0 Å². The number of benzene rings is 1. The van der Waals surface area contributed by atoms with E-state index in [2.05, 4.69) is 34.4 Å². The van der Waals surface area contributed by atoms with Crippen molar-refractivity contribution in [2.75, 3.05) is 6.61 Å². The van der Waals surface area contributed by atoms with Crippen LogP contribution in [0.4, 0.5) is 0 Å². The van der Waals surface area contributed by atoms with E-state index >= 15 is 0 Å². The van der Waals surface area contributed by atoms with Gasteiger partial charge in [-0.05, 0) is 37.6 Å². The van der Waals surface area contributed by atoms with E-state index in [9.17, 15) is 0 Å². The van der Waals surface area contributed by atoms with Crippen LogP contribution in [0.2, 0.25) is 0 Å². The molecule has 7 heteroatoms. The topological polar surface area (TPSA) is 81.6 Å². The van der Waals surface area contributed by atoms with Crippen molar-refractivity contribution in [3.63, 3.8) is 0 Å². The SMILES string of the molecule is Cc1nn(CCO)cc1-c1cc(C)c2ccc(-n3cnnc3)cc2n1. The van der Waals surface area contributed by atoms with Crippen LogP contribution in [0.3, 0.4) is 0 Å². The van der Waals surface area contributed by atoms with Crippen molar-refractivity contribution < 1.29 is 5.11 Å². The molecule has 0 atom stereocenters. The molecule has 4 rings (SSSR count). The zero-order valence-electron chi connectivity index (χ0n) is 14.1. The minimum Gasteiger partial charge on any atom is -0.394 e. The van der Waals surface area contributed by atoms with E-state index in [1.165, 1.54) is 0 Å². The Morgan fingerprint density at radius 2 is 1.88 bits per heavy atom. The minimum absolute atomic E-state index is 0.0625. The number of hydrogen-bond donors (Lipinski definition) is 1. The third-order valence-electron chi connectivity index (χ3n) is 4.27. The summed E-state index contributed by atoms with van der Waals surface area (Å²) in [6.45, 7) is 4.58. The predicted octanol–water partition coefficient (Wildman–Crippen LogP) is 2.29. The molecule has 0 unspecified atom stereocenters. The van der Waals surface area contributed by atoms with Crippen molar-refractivity contribution in [3.8, 4) is 16.9 Å². The molecule has 1 aromatic carbocycles. The van der Waals surface area contributed by atoms with Crippen molar-refractivity contribution in [3.05, 3.63) is 54.4 Å². The lowest BCUT2D eigenvalue weighted by Crippen LogP contribution is -2.02. The number of pyridine rings is 1. The molecule has 0 amide bonds. The summed E-state index contributed by atoms with van der Waals surface area (Å²) in [5.74, 6) is 0. The fourth-order valence-corrected chi connectivity index (χ4v) is 3.01. The van der Waals surface area contributed by atoms with Gasteiger partial charge in [-0.3, -0.25) is 9.25 Å². The summed E-state index contributed by atoms with van der Waals surface area (Å²) in [4.78, 5) is 4.84. The van der Waals surface area contributed by atoms with Crippen molar-refractivity contribution in [2.45, 2.75) is 20.4 Å². The van der Waals surface area contributed by atoms with Gasteiger partial charge in [0, 0.05) is 17.1 Å². The molecule has 3 aromatic heterocycles. The number of hydrogen-bond acceptors (Lipinski definition) is 5. The molecular weight excluding hydrogens is 316 g/mol. The fraction of sp³-hybridized carbons (Fsp3) is 0.222. The Bertz CT molecular complexity index is 1040. The molecule has 1 N–H and O–H groups in total. The molecule has 0 saturated heterocycles. The van der Waals surface area contributed by atoms with E-state index in [0.29, 0.717) is 6.54 Å². The highest BCUT2D eigenvalue weighted by molar-refractivity contribution is 5.86. The lowest BCUT2D eigenvalue weighted by atomic mass is 10.1. The predicted molar refractivity (Wildman–Crippen MR) is 94.4 cm³/mol. The molecular formula is C18H18N6O. The second-order valence-corrected chi connectivity index (χ2v) is 6.01. The monoisotopic (exact) mass is 334 g/mol. The molecule has 0 bridgehead atoms. The molecule has 0 saturated carbocycles. The Labute approximate surface area is 144 Å². The number of nitrogens with zero attached hydrogens (tertiary/aromatic N) is 6. The van der Waals surface area contributed by atoms with Crippen LogP contribution in [0.25, 0.3) is 27.8 Å². The number of aromatic nitrogens is 6. The maximum absolute atomic E-state index is 9.11. The first kappa shape index (κ1) is 15.5. The Morgan fingerprint density at radius 1 is 1.08 bits per heavy atom. The Hall–Kier alpha value is -3.06. The summed E-state index contributed by atoms with van der Waals surface area (Å²) in [6, 6.07) is 8.21. The number of aryl methyl sites for hydroxylation is 2. The summed E-state index contributed by atoms with van der Waals surface area (Å²) in [5.41, 5.74) is 5.80. The summed E-state index contributed by atoms with van der Waals surface area (Å²) >= 11 is 0. The lowest BCUT2D eigenvalue weighted by Gasteiger charge is -2.08. The molecule has 25 heavy (non-hydrogen) atoms. The highest BCUT2D eigenvalue weighted by atomic mass is 16.3. The number of rotatable bonds is 4. The van der Waals surface area contributed by atoms with Crippen LogP contribution in [0, 0.1) is 13.8 Å². The highest BCUT2D eigenvalue weighted by Crippen LogP contribution is 2.27. The quantitative estimate of drug-likeness (QED) is 0.619. The lowest BCUT2D eigenvalue weighted by molar-refractivity contribution is 0.269. The molecule has 126 valence electrons. The highest BCUT2D eigenvalue weighted by Gasteiger charge is 2.12. The van der Waals surface area contributed by atoms with E-state index in [-0.39, 0.29) is 6.61 Å². The molecule has 7 nitrogen and oxygen atoms in total. The molecule has 3 heterocycles. The van der Waals surface area contributed by atoms with Gasteiger partial charge in [-0.1, -0.05) is 6.07 Å². The normalized spacial score (nSPS) is 11.3. The summed E-state index contributed by atoms with van der Waals surface area (Å²) < 4.78 is 3.60. The smallest absolute Gasteiger partial charge is 0.123 e. The molecule has 0 aliphatic carbocycles. The van der Waals surface area contributed by atoms with Crippen molar-refractivity contribution in [1.82, 2.24) is 29.5 Å². The second-order valence-electron chi connectivity index (χ2n) is 6.01. The summed E-state index contributed by atoms with van der Waals surface area (Å²) in [5, 5.41) is 22.4. The molecule has 0 aliphatic heterocycles. The van der Waals surface area contributed by atoms with Crippen LogP contribution in [-0.2, 0) is 6.54 Å². The van der Waals surface area contributed by atoms with Gasteiger partial charge in [0.05, 0.1) is 35.7 Å². The first-order valence-electron chi connectivity index (χ1n) is 8.07. The third kappa shape index (κ3) is 2.78. The van der Waals surface area contributed by atoms with E-state index in [1.54, 1.807) is 17.3 Å². The van der Waals surface area contributed by atoms with E-state index in [0.717, 1.165) is 39.1 Å². The first-order valence-corrected chi connectivity index (χ1v) is 8.07. The van der Waals surface area contributed by atoms with Crippen molar-refractivity contribution in [1.29, 1.82) is 0 Å². The average Bonchev–Trinajstić information content (AvgIpc) is 3.24. The van der Waals surface area contributed by atoms with Crippen LogP contribution in [0.5, 0.6) is 0 Å². The molecule has 0 radical (unpaired) electrons. The molecule has 0 spiro atoms. The standard InChI is InChI=1S/C18H18N6O/c1-12-7-17(16-9-24(5-6-25)22-13(16)2)21-18-8-14(3-4-15(12)18)23-10-19-20-11-23/h3-4,7-11,25H,5-6H2,1-2H3. The van der Waals surface area contributed by atoms with Gasteiger partial charge in [-0.15, -0.1) is 10.2 Å². The van der Waals surface area contributed by atoms with Crippen LogP contribution >= 0.6 is 0 Å². The number of aliphatic hydroxyl groups excluding tert-OH is 1. The third-order valence-corrected chi connectivity index (χ3v) is 4.27. The summed E-state index contributed by atoms with van der Waals surface area (Å²) in [6.07, 6.45) is 5.27. The maximum Gasteiger partial charge on any atom is 0.123 e. The van der Waals surface area contributed by atoms with Crippen molar-refractivity contribution >= 4 is 10.9 Å². The van der Waals surface area contributed by atoms with E-state index in [1.807, 2.05) is 29.8 Å². The van der Waals surface area contributed by atoms with Gasteiger partial charge in [0.2, 0.25) is 0 Å². The molecule has 4 aromatic rings. The Balaban J connectivity index is 1.85. The van der Waals surface area contributed by atoms with Crippen LogP contribution in [0.15, 0.2) is 43.1 Å². The average molecular weight is 334 g/mol. The zero-order chi connectivity index (χ0) is 17.4. The fourth-order valence-electron chi connectivity index (χ4n) is 3.01. The van der Waals surface area contributed by atoms with Crippen LogP contribution in [-0.4, -0.2) is 41.2 Å². The Kier molecular flexibility index (Phi) is 3.77. The maximum atomic E-state index is 9.11. The zero-order valence-corrected chi connectivity index (χ0v) is 14.1. The Morgan fingerprint density at radius 3 is 2.64 bits per heavy atom. The number of aliphatic hydroxyl groups is 1. The van der Waals surface area contributed by atoms with Crippen LogP contribution < -0.4 is 0 Å². The van der Waals surface area contributed by atoms with E-state index < -0.39 is 0 Å². The van der Waals surface area contributed by atoms with Gasteiger partial charge in [0.25, 0.3) is 0 Å². The van der Waals surface area contributed by atoms with Gasteiger partial charge in [0.1, 0.15) is 12.7 Å². The minimum atomic E-state index is 0.0625. The van der Waals surface area contributed by atoms with Gasteiger partial charge < -0.3 is 5.11 Å². The molecule has 0 fully saturated rings. The van der Waals surface area contributed by atoms with Gasteiger partial charge in [-0.2, -0.15) is 5.10 Å². The van der Waals surface area contributed by atoms with Gasteiger partial charge in [-0.25, -0.2) is 4.98 Å². The number of fused-ring (bicyclic) bond motifs is 1. The van der Waals surface area contributed by atoms with E-state index in [4.69, 9.17) is 10.1 Å². The second kappa shape index (κ2) is 6.10. The largest absolute Gasteiger partial charge is 0.394 e. The van der Waals surface area contributed by atoms with Crippen LogP contribution in [0.1, 0.15) is 11.3 Å². The van der Waals surface area contributed by atoms with Crippen molar-refractivity contribution in [2.24, 2.45) is 0 Å². The van der Waals surface area contributed by atoms with Gasteiger partial charge in [0.15, 0.2) is 0 Å².